The molecule has 0 radical (unpaired) electrons. The number of benzene rings is 1. The van der Waals surface area contributed by atoms with E-state index in [0.717, 1.165) is 0 Å². The fourth-order valence-corrected chi connectivity index (χ4v) is 2.07. The van der Waals surface area contributed by atoms with Gasteiger partial charge in [0.05, 0.1) is 5.02 Å². The van der Waals surface area contributed by atoms with Gasteiger partial charge >= 0.3 is 0 Å². The summed E-state index contributed by atoms with van der Waals surface area (Å²) in [4.78, 5) is 11.0. The Morgan fingerprint density at radius 3 is 2.65 bits per heavy atom. The number of nitrogens with two attached hydrogens (primary N) is 1. The van der Waals surface area contributed by atoms with Gasteiger partial charge in [-0.05, 0) is 30.3 Å². The van der Waals surface area contributed by atoms with Gasteiger partial charge in [-0.3, -0.25) is 4.79 Å². The molecule has 1 amide bonds. The topological polar surface area (TPSA) is 80.0 Å². The molecule has 0 aliphatic carbocycles. The van der Waals surface area contributed by atoms with E-state index >= 15 is 0 Å². The Balaban J connectivity index is 2.39. The van der Waals surface area contributed by atoms with Gasteiger partial charge < -0.3 is 10.2 Å². The highest BCUT2D eigenvalue weighted by atomic mass is 35.5. The van der Waals surface area contributed by atoms with Crippen LogP contribution in [0.3, 0.4) is 0 Å². The Morgan fingerprint density at radius 1 is 1.30 bits per heavy atom. The maximum atomic E-state index is 11.0. The minimum Gasteiger partial charge on any atom is -0.457 e. The number of carbonyl (C=O) groups is 1. The van der Waals surface area contributed by atoms with Gasteiger partial charge in [0.15, 0.2) is 0 Å². The number of carbonyl (C=O) groups excluding carboxylic acids is 1. The molecule has 0 bridgehead atoms. The van der Waals surface area contributed by atoms with Crippen LogP contribution in [0.25, 0.3) is 17.4 Å². The number of primary amides is 1. The van der Waals surface area contributed by atoms with Gasteiger partial charge in [-0.2, -0.15) is 5.26 Å². The first-order chi connectivity index (χ1) is 9.51. The SMILES string of the molecule is N#C/C(=C/c1ccc(-c2ccc(Cl)cc2Cl)o1)C(N)=O. The van der Waals surface area contributed by atoms with Crippen LogP contribution in [0.5, 0.6) is 0 Å². The highest BCUT2D eigenvalue weighted by Crippen LogP contribution is 2.31. The van der Waals surface area contributed by atoms with Crippen LogP contribution in [0.15, 0.2) is 40.3 Å². The zero-order chi connectivity index (χ0) is 14.7. The van der Waals surface area contributed by atoms with Crippen molar-refractivity contribution in [2.75, 3.05) is 0 Å². The van der Waals surface area contributed by atoms with Crippen molar-refractivity contribution in [1.82, 2.24) is 0 Å². The Morgan fingerprint density at radius 2 is 2.05 bits per heavy atom. The first kappa shape index (κ1) is 14.2. The zero-order valence-electron chi connectivity index (χ0n) is 10.1. The second-order valence-corrected chi connectivity index (χ2v) is 4.70. The summed E-state index contributed by atoms with van der Waals surface area (Å²) in [7, 11) is 0. The van der Waals surface area contributed by atoms with Crippen LogP contribution >= 0.6 is 23.2 Å². The van der Waals surface area contributed by atoms with Gasteiger partial charge in [0, 0.05) is 16.7 Å². The van der Waals surface area contributed by atoms with Crippen LogP contribution in [0.2, 0.25) is 10.0 Å². The summed E-state index contributed by atoms with van der Waals surface area (Å²) in [5.74, 6) is 0.0241. The molecule has 4 nitrogen and oxygen atoms in total. The van der Waals surface area contributed by atoms with Gasteiger partial charge in [0.1, 0.15) is 23.2 Å². The molecule has 2 rings (SSSR count). The van der Waals surface area contributed by atoms with Crippen LogP contribution in [0.1, 0.15) is 5.76 Å². The van der Waals surface area contributed by atoms with Crippen molar-refractivity contribution in [3.8, 4) is 17.4 Å². The molecule has 6 heteroatoms. The summed E-state index contributed by atoms with van der Waals surface area (Å²) in [6, 6.07) is 9.99. The largest absolute Gasteiger partial charge is 0.457 e. The summed E-state index contributed by atoms with van der Waals surface area (Å²) >= 11 is 11.9. The average molecular weight is 307 g/mol. The number of nitrogens with zero attached hydrogens (tertiary/aromatic N) is 1. The molecule has 1 aromatic heterocycles. The quantitative estimate of drug-likeness (QED) is 0.694. The molecular weight excluding hydrogens is 299 g/mol. The van der Waals surface area contributed by atoms with E-state index in [1.54, 1.807) is 36.4 Å². The van der Waals surface area contributed by atoms with Crippen LogP contribution < -0.4 is 5.73 Å². The lowest BCUT2D eigenvalue weighted by Crippen LogP contribution is -2.12. The number of hydrogen-bond acceptors (Lipinski definition) is 3. The summed E-state index contributed by atoms with van der Waals surface area (Å²) in [6.07, 6.45) is 1.27. The van der Waals surface area contributed by atoms with Gasteiger partial charge in [0.25, 0.3) is 5.91 Å². The molecule has 2 aromatic rings. The number of furan rings is 1. The maximum absolute atomic E-state index is 11.0. The van der Waals surface area contributed by atoms with Crippen molar-refractivity contribution >= 4 is 35.2 Å². The Hall–Kier alpha value is -2.22. The van der Waals surface area contributed by atoms with Gasteiger partial charge in [-0.15, -0.1) is 0 Å². The van der Waals surface area contributed by atoms with E-state index in [4.69, 9.17) is 38.6 Å². The number of rotatable bonds is 3. The third-order valence-corrected chi connectivity index (χ3v) is 3.04. The summed E-state index contributed by atoms with van der Waals surface area (Å²) in [5.41, 5.74) is 5.52. The predicted octanol–water partition coefficient (Wildman–Crippen LogP) is 3.65. The van der Waals surface area contributed by atoms with Crippen molar-refractivity contribution in [3.05, 3.63) is 51.7 Å². The molecule has 0 aliphatic heterocycles. The number of nitriles is 1. The molecule has 0 saturated heterocycles. The number of hydrogen-bond donors (Lipinski definition) is 1. The molecule has 2 N–H and O–H groups in total. The first-order valence-electron chi connectivity index (χ1n) is 5.48. The molecule has 100 valence electrons. The van der Waals surface area contributed by atoms with E-state index in [-0.39, 0.29) is 5.57 Å². The summed E-state index contributed by atoms with van der Waals surface area (Å²) < 4.78 is 5.51. The Bertz CT molecular complexity index is 742. The fourth-order valence-electron chi connectivity index (χ4n) is 1.57. The molecule has 1 heterocycles. The smallest absolute Gasteiger partial charge is 0.259 e. The third-order valence-electron chi connectivity index (χ3n) is 2.50. The van der Waals surface area contributed by atoms with Crippen molar-refractivity contribution in [2.45, 2.75) is 0 Å². The number of amides is 1. The van der Waals surface area contributed by atoms with Crippen LogP contribution in [-0.4, -0.2) is 5.91 Å². The lowest BCUT2D eigenvalue weighted by molar-refractivity contribution is -0.114. The minimum atomic E-state index is -0.810. The molecule has 1 aromatic carbocycles. The van der Waals surface area contributed by atoms with E-state index in [1.165, 1.54) is 6.08 Å². The van der Waals surface area contributed by atoms with E-state index in [0.29, 0.717) is 27.1 Å². The van der Waals surface area contributed by atoms with Gasteiger partial charge in [-0.1, -0.05) is 23.2 Å². The van der Waals surface area contributed by atoms with E-state index in [2.05, 4.69) is 0 Å². The predicted molar refractivity (Wildman–Crippen MR) is 76.9 cm³/mol. The van der Waals surface area contributed by atoms with E-state index < -0.39 is 5.91 Å². The van der Waals surface area contributed by atoms with Gasteiger partial charge in [0.2, 0.25) is 0 Å². The first-order valence-corrected chi connectivity index (χ1v) is 6.23. The molecule has 0 saturated carbocycles. The average Bonchev–Trinajstić information content (AvgIpc) is 2.83. The van der Waals surface area contributed by atoms with Crippen molar-refractivity contribution in [3.63, 3.8) is 0 Å². The second-order valence-electron chi connectivity index (χ2n) is 3.86. The Labute approximate surface area is 125 Å². The molecule has 20 heavy (non-hydrogen) atoms. The molecular formula is C14H8Cl2N2O2. The van der Waals surface area contributed by atoms with Crippen molar-refractivity contribution < 1.29 is 9.21 Å². The molecule has 0 fully saturated rings. The normalized spacial score (nSPS) is 11.2. The highest BCUT2D eigenvalue weighted by Gasteiger charge is 2.10. The van der Waals surface area contributed by atoms with Crippen LogP contribution in [-0.2, 0) is 4.79 Å². The lowest BCUT2D eigenvalue weighted by Gasteiger charge is -2.00. The Kier molecular flexibility index (Phi) is 4.14. The maximum Gasteiger partial charge on any atom is 0.259 e. The van der Waals surface area contributed by atoms with Crippen LogP contribution in [0, 0.1) is 11.3 Å². The monoisotopic (exact) mass is 306 g/mol. The minimum absolute atomic E-state index is 0.187. The summed E-state index contributed by atoms with van der Waals surface area (Å²) in [6.45, 7) is 0. The lowest BCUT2D eigenvalue weighted by atomic mass is 10.2. The van der Waals surface area contributed by atoms with Crippen molar-refractivity contribution in [1.29, 1.82) is 5.26 Å². The molecule has 0 atom stereocenters. The molecule has 0 aliphatic rings. The van der Waals surface area contributed by atoms with E-state index in [1.807, 2.05) is 0 Å². The second kappa shape index (κ2) is 5.83. The zero-order valence-corrected chi connectivity index (χ0v) is 11.6. The number of halogens is 2. The standard InChI is InChI=1S/C14H8Cl2N2O2/c15-9-1-3-11(12(16)6-9)13-4-2-10(20-13)5-8(7-17)14(18)19/h1-6H,(H2,18,19)/b8-5-. The summed E-state index contributed by atoms with van der Waals surface area (Å²) in [5, 5.41) is 9.72. The molecule has 0 unspecified atom stereocenters. The molecule has 0 spiro atoms. The van der Waals surface area contributed by atoms with E-state index in [9.17, 15) is 4.79 Å². The van der Waals surface area contributed by atoms with Crippen molar-refractivity contribution in [2.24, 2.45) is 5.73 Å². The third kappa shape index (κ3) is 3.02. The fraction of sp³-hybridized carbons (Fsp3) is 0. The highest BCUT2D eigenvalue weighted by molar-refractivity contribution is 6.36. The van der Waals surface area contributed by atoms with Gasteiger partial charge in [-0.25, -0.2) is 0 Å². The van der Waals surface area contributed by atoms with Crippen LogP contribution in [0.4, 0.5) is 0 Å².